The Hall–Kier alpha value is -2.22. The highest BCUT2D eigenvalue weighted by Gasteiger charge is 2.23. The molecule has 2 amide bonds. The molecule has 0 saturated carbocycles. The number of amides is 2. The normalized spacial score (nSPS) is 10.6. The molecule has 0 fully saturated rings. The first-order chi connectivity index (χ1) is 12.6. The van der Waals surface area contributed by atoms with Crippen molar-refractivity contribution in [1.82, 2.24) is 4.90 Å². The molecule has 1 aromatic heterocycles. The highest BCUT2D eigenvalue weighted by atomic mass is 32.1. The van der Waals surface area contributed by atoms with Gasteiger partial charge in [0.25, 0.3) is 11.8 Å². The van der Waals surface area contributed by atoms with Crippen LogP contribution in [-0.2, 0) is 9.47 Å². The SMILES string of the molecule is COCCN(CCOC)C(=O)c1ccccc1N(C)C(=O)c1cccs1. The van der Waals surface area contributed by atoms with Gasteiger partial charge in [-0.2, -0.15) is 0 Å². The predicted octanol–water partition coefficient (Wildman–Crippen LogP) is 2.76. The van der Waals surface area contributed by atoms with E-state index in [1.165, 1.54) is 16.2 Å². The number of rotatable bonds is 9. The molecule has 140 valence electrons. The van der Waals surface area contributed by atoms with Crippen LogP contribution >= 0.6 is 11.3 Å². The van der Waals surface area contributed by atoms with Crippen LogP contribution in [0.15, 0.2) is 41.8 Å². The lowest BCUT2D eigenvalue weighted by Crippen LogP contribution is -2.37. The molecule has 0 aliphatic carbocycles. The van der Waals surface area contributed by atoms with Gasteiger partial charge in [-0.3, -0.25) is 9.59 Å². The number of carbonyl (C=O) groups is 2. The van der Waals surface area contributed by atoms with Gasteiger partial charge in [0, 0.05) is 34.4 Å². The summed E-state index contributed by atoms with van der Waals surface area (Å²) in [7, 11) is 4.88. The number of anilines is 1. The average molecular weight is 376 g/mol. The zero-order chi connectivity index (χ0) is 18.9. The molecule has 6 nitrogen and oxygen atoms in total. The number of hydrogen-bond donors (Lipinski definition) is 0. The molecule has 0 saturated heterocycles. The molecule has 0 aliphatic heterocycles. The number of ether oxygens (including phenoxy) is 2. The van der Waals surface area contributed by atoms with E-state index in [9.17, 15) is 9.59 Å². The maximum atomic E-state index is 13.1. The Kier molecular flexibility index (Phi) is 7.77. The second kappa shape index (κ2) is 10.1. The maximum Gasteiger partial charge on any atom is 0.268 e. The van der Waals surface area contributed by atoms with Crippen molar-refractivity contribution in [2.75, 3.05) is 52.5 Å². The Morgan fingerprint density at radius 1 is 0.962 bits per heavy atom. The molecule has 1 heterocycles. The third-order valence-corrected chi connectivity index (χ3v) is 4.81. The van der Waals surface area contributed by atoms with Gasteiger partial charge in [0.15, 0.2) is 0 Å². The molecule has 0 unspecified atom stereocenters. The molecular formula is C19H24N2O4S. The monoisotopic (exact) mass is 376 g/mol. The Morgan fingerprint density at radius 2 is 1.62 bits per heavy atom. The number of carbonyl (C=O) groups excluding carboxylic acids is 2. The predicted molar refractivity (Wildman–Crippen MR) is 103 cm³/mol. The molecule has 0 radical (unpaired) electrons. The number of para-hydroxylation sites is 1. The third-order valence-electron chi connectivity index (χ3n) is 3.95. The number of thiophene rings is 1. The van der Waals surface area contributed by atoms with E-state index in [1.807, 2.05) is 17.5 Å². The minimum Gasteiger partial charge on any atom is -0.383 e. The molecule has 0 bridgehead atoms. The Morgan fingerprint density at radius 3 is 2.19 bits per heavy atom. The fourth-order valence-electron chi connectivity index (χ4n) is 2.51. The maximum absolute atomic E-state index is 13.1. The standard InChI is InChI=1S/C19H24N2O4S/c1-20(19(23)17-9-6-14-26-17)16-8-5-4-7-15(16)18(22)21(10-12-24-2)11-13-25-3/h4-9,14H,10-13H2,1-3H3. The van der Waals surface area contributed by atoms with Gasteiger partial charge in [0.2, 0.25) is 0 Å². The van der Waals surface area contributed by atoms with Gasteiger partial charge >= 0.3 is 0 Å². The first-order valence-electron chi connectivity index (χ1n) is 8.28. The van der Waals surface area contributed by atoms with Gasteiger partial charge in [-0.15, -0.1) is 11.3 Å². The Balaban J connectivity index is 2.28. The van der Waals surface area contributed by atoms with Crippen LogP contribution in [0, 0.1) is 0 Å². The highest BCUT2D eigenvalue weighted by molar-refractivity contribution is 7.12. The summed E-state index contributed by atoms with van der Waals surface area (Å²) in [5.41, 5.74) is 1.06. The second-order valence-electron chi connectivity index (χ2n) is 5.64. The first kappa shape index (κ1) is 20.1. The first-order valence-corrected chi connectivity index (χ1v) is 9.15. The van der Waals surface area contributed by atoms with Crippen LogP contribution in [0.4, 0.5) is 5.69 Å². The van der Waals surface area contributed by atoms with Crippen LogP contribution < -0.4 is 4.90 Å². The molecule has 0 atom stereocenters. The van der Waals surface area contributed by atoms with Crippen molar-refractivity contribution in [2.45, 2.75) is 0 Å². The Labute approximate surface area is 157 Å². The second-order valence-corrected chi connectivity index (χ2v) is 6.58. The summed E-state index contributed by atoms with van der Waals surface area (Å²) in [6.45, 7) is 1.77. The molecule has 0 N–H and O–H groups in total. The van der Waals surface area contributed by atoms with Crippen LogP contribution in [0.3, 0.4) is 0 Å². The van der Waals surface area contributed by atoms with Gasteiger partial charge < -0.3 is 19.3 Å². The van der Waals surface area contributed by atoms with Crippen molar-refractivity contribution >= 4 is 28.8 Å². The van der Waals surface area contributed by atoms with Gasteiger partial charge in [-0.05, 0) is 23.6 Å². The van der Waals surface area contributed by atoms with Gasteiger partial charge in [-0.1, -0.05) is 18.2 Å². The van der Waals surface area contributed by atoms with Crippen molar-refractivity contribution in [3.05, 3.63) is 52.2 Å². The minimum atomic E-state index is -0.152. The van der Waals surface area contributed by atoms with Crippen molar-refractivity contribution in [1.29, 1.82) is 0 Å². The minimum absolute atomic E-state index is 0.138. The molecule has 2 rings (SSSR count). The van der Waals surface area contributed by atoms with Crippen molar-refractivity contribution < 1.29 is 19.1 Å². The zero-order valence-electron chi connectivity index (χ0n) is 15.3. The van der Waals surface area contributed by atoms with E-state index in [-0.39, 0.29) is 11.8 Å². The average Bonchev–Trinajstić information content (AvgIpc) is 3.21. The van der Waals surface area contributed by atoms with Crippen LogP contribution in [0.2, 0.25) is 0 Å². The van der Waals surface area contributed by atoms with E-state index in [0.29, 0.717) is 42.4 Å². The summed E-state index contributed by atoms with van der Waals surface area (Å²) >= 11 is 1.38. The summed E-state index contributed by atoms with van der Waals surface area (Å²) in [6, 6.07) is 10.7. The van der Waals surface area contributed by atoms with Crippen LogP contribution in [-0.4, -0.2) is 64.3 Å². The van der Waals surface area contributed by atoms with E-state index in [2.05, 4.69) is 0 Å². The summed E-state index contributed by atoms with van der Waals surface area (Å²) in [5.74, 6) is -0.291. The van der Waals surface area contributed by atoms with Crippen molar-refractivity contribution in [2.24, 2.45) is 0 Å². The number of nitrogens with zero attached hydrogens (tertiary/aromatic N) is 2. The fourth-order valence-corrected chi connectivity index (χ4v) is 3.21. The molecule has 0 spiro atoms. The molecular weight excluding hydrogens is 352 g/mol. The van der Waals surface area contributed by atoms with E-state index in [0.717, 1.165) is 0 Å². The molecule has 0 aliphatic rings. The van der Waals surface area contributed by atoms with E-state index in [4.69, 9.17) is 9.47 Å². The van der Waals surface area contributed by atoms with Crippen LogP contribution in [0.25, 0.3) is 0 Å². The lowest BCUT2D eigenvalue weighted by molar-refractivity contribution is 0.0628. The summed E-state index contributed by atoms with van der Waals surface area (Å²) in [4.78, 5) is 29.6. The van der Waals surface area contributed by atoms with Crippen molar-refractivity contribution in [3.63, 3.8) is 0 Å². The lowest BCUT2D eigenvalue weighted by atomic mass is 10.1. The van der Waals surface area contributed by atoms with E-state index in [1.54, 1.807) is 50.4 Å². The molecule has 1 aromatic carbocycles. The van der Waals surface area contributed by atoms with Crippen molar-refractivity contribution in [3.8, 4) is 0 Å². The number of hydrogen-bond acceptors (Lipinski definition) is 5. The fraction of sp³-hybridized carbons (Fsp3) is 0.368. The van der Waals surface area contributed by atoms with Gasteiger partial charge in [-0.25, -0.2) is 0 Å². The quantitative estimate of drug-likeness (QED) is 0.675. The third kappa shape index (κ3) is 4.91. The smallest absolute Gasteiger partial charge is 0.268 e. The molecule has 26 heavy (non-hydrogen) atoms. The van der Waals surface area contributed by atoms with Crippen LogP contribution in [0.1, 0.15) is 20.0 Å². The topological polar surface area (TPSA) is 59.1 Å². The molecule has 2 aromatic rings. The largest absolute Gasteiger partial charge is 0.383 e. The van der Waals surface area contributed by atoms with E-state index < -0.39 is 0 Å². The summed E-state index contributed by atoms with van der Waals surface area (Å²) in [5, 5.41) is 1.86. The Bertz CT molecular complexity index is 710. The summed E-state index contributed by atoms with van der Waals surface area (Å²) < 4.78 is 10.2. The number of methoxy groups -OCH3 is 2. The van der Waals surface area contributed by atoms with Gasteiger partial charge in [0.05, 0.1) is 29.3 Å². The van der Waals surface area contributed by atoms with Gasteiger partial charge in [0.1, 0.15) is 0 Å². The van der Waals surface area contributed by atoms with Crippen LogP contribution in [0.5, 0.6) is 0 Å². The highest BCUT2D eigenvalue weighted by Crippen LogP contribution is 2.24. The lowest BCUT2D eigenvalue weighted by Gasteiger charge is -2.25. The van der Waals surface area contributed by atoms with E-state index >= 15 is 0 Å². The molecule has 7 heteroatoms. The zero-order valence-corrected chi connectivity index (χ0v) is 16.1. The summed E-state index contributed by atoms with van der Waals surface area (Å²) in [6.07, 6.45) is 0. The number of benzene rings is 1.